The number of rotatable bonds is 6. The van der Waals surface area contributed by atoms with Crippen LogP contribution in [0.3, 0.4) is 0 Å². The quantitative estimate of drug-likeness (QED) is 0.375. The Balaban J connectivity index is 3.58. The number of hydrogen-bond donors (Lipinski definition) is 4. The second kappa shape index (κ2) is 6.67. The first-order chi connectivity index (χ1) is 6.43. The second-order valence-electron chi connectivity index (χ2n) is 3.09. The Morgan fingerprint density at radius 1 is 1.71 bits per heavy atom. The number of amidine groups is 1. The van der Waals surface area contributed by atoms with E-state index in [1.807, 2.05) is 6.92 Å². The fourth-order valence-electron chi connectivity index (χ4n) is 0.695. The molecule has 82 valence electrons. The van der Waals surface area contributed by atoms with E-state index in [0.29, 0.717) is 18.1 Å². The number of carboxylic acid groups (broad SMARTS) is 1. The molecule has 5 N–H and O–H groups in total. The number of thioether (sulfide) groups is 1. The van der Waals surface area contributed by atoms with Crippen molar-refractivity contribution in [3.8, 4) is 0 Å². The zero-order valence-electron chi connectivity index (χ0n) is 8.41. The van der Waals surface area contributed by atoms with E-state index in [-0.39, 0.29) is 5.25 Å². The van der Waals surface area contributed by atoms with Crippen molar-refractivity contribution in [3.05, 3.63) is 0 Å². The van der Waals surface area contributed by atoms with Crippen molar-refractivity contribution in [2.75, 3.05) is 12.3 Å². The van der Waals surface area contributed by atoms with Crippen LogP contribution in [0.4, 0.5) is 0 Å². The third-order valence-electron chi connectivity index (χ3n) is 1.53. The summed E-state index contributed by atoms with van der Waals surface area (Å²) in [7, 11) is 0. The lowest BCUT2D eigenvalue weighted by molar-refractivity contribution is -0.137. The predicted octanol–water partition coefficient (Wildman–Crippen LogP) is 0.107. The molecule has 0 aliphatic carbocycles. The summed E-state index contributed by atoms with van der Waals surface area (Å²) in [4.78, 5) is 10.4. The highest BCUT2D eigenvalue weighted by Gasteiger charge is 2.13. The van der Waals surface area contributed by atoms with Gasteiger partial charge in [-0.05, 0) is 6.92 Å². The normalized spacial score (nSPS) is 14.5. The van der Waals surface area contributed by atoms with Crippen LogP contribution in [-0.2, 0) is 4.79 Å². The lowest BCUT2D eigenvalue weighted by atomic mass is 10.4. The van der Waals surface area contributed by atoms with Gasteiger partial charge in [0, 0.05) is 17.5 Å². The fraction of sp³-hybridized carbons (Fsp3) is 0.750. The lowest BCUT2D eigenvalue weighted by Crippen LogP contribution is -2.34. The van der Waals surface area contributed by atoms with Gasteiger partial charge in [0.25, 0.3) is 0 Å². The van der Waals surface area contributed by atoms with Crippen molar-refractivity contribution in [2.45, 2.75) is 25.1 Å². The highest BCUT2D eigenvalue weighted by atomic mass is 32.2. The Bertz CT molecular complexity index is 211. The minimum atomic E-state index is -0.971. The highest BCUT2D eigenvalue weighted by molar-refractivity contribution is 8.00. The summed E-state index contributed by atoms with van der Waals surface area (Å²) in [5.74, 6) is -0.157. The maximum atomic E-state index is 10.4. The molecule has 6 heteroatoms. The molecule has 0 aromatic heterocycles. The summed E-state index contributed by atoms with van der Waals surface area (Å²) in [5, 5.41) is 18.8. The van der Waals surface area contributed by atoms with Gasteiger partial charge in [-0.1, -0.05) is 6.92 Å². The van der Waals surface area contributed by atoms with Gasteiger partial charge < -0.3 is 16.2 Å². The van der Waals surface area contributed by atoms with E-state index in [0.717, 1.165) is 0 Å². The number of hydrogen-bond acceptors (Lipinski definition) is 4. The van der Waals surface area contributed by atoms with Crippen LogP contribution in [0.25, 0.3) is 0 Å². The average Bonchev–Trinajstić information content (AvgIpc) is 2.10. The third-order valence-corrected chi connectivity index (χ3v) is 2.82. The number of nitrogens with one attached hydrogen (secondary N) is 2. The van der Waals surface area contributed by atoms with Gasteiger partial charge in [-0.25, -0.2) is 0 Å². The number of carboxylic acids is 1. The summed E-state index contributed by atoms with van der Waals surface area (Å²) >= 11 is 1.49. The van der Waals surface area contributed by atoms with Gasteiger partial charge in [0.1, 0.15) is 6.04 Å². The number of aliphatic carboxylic acids is 1. The largest absolute Gasteiger partial charge is 0.480 e. The highest BCUT2D eigenvalue weighted by Crippen LogP contribution is 2.10. The molecule has 1 unspecified atom stereocenters. The summed E-state index contributed by atoms with van der Waals surface area (Å²) in [5.41, 5.74) is 5.34. The Morgan fingerprint density at radius 3 is 2.71 bits per heavy atom. The van der Waals surface area contributed by atoms with E-state index in [1.54, 1.807) is 6.92 Å². The maximum absolute atomic E-state index is 10.4. The second-order valence-corrected chi connectivity index (χ2v) is 4.57. The summed E-state index contributed by atoms with van der Waals surface area (Å²) in [6.07, 6.45) is 0. The first-order valence-electron chi connectivity index (χ1n) is 4.32. The van der Waals surface area contributed by atoms with Crippen LogP contribution in [-0.4, -0.2) is 40.5 Å². The van der Waals surface area contributed by atoms with Crippen LogP contribution in [0.15, 0.2) is 0 Å². The molecule has 0 aliphatic heterocycles. The molecule has 0 aliphatic rings. The van der Waals surface area contributed by atoms with Crippen LogP contribution >= 0.6 is 11.8 Å². The van der Waals surface area contributed by atoms with E-state index < -0.39 is 12.0 Å². The smallest absolute Gasteiger partial charge is 0.321 e. The van der Waals surface area contributed by atoms with Gasteiger partial charge >= 0.3 is 5.97 Å². The Morgan fingerprint density at radius 2 is 2.29 bits per heavy atom. The van der Waals surface area contributed by atoms with Crippen molar-refractivity contribution in [3.63, 3.8) is 0 Å². The van der Waals surface area contributed by atoms with E-state index in [4.69, 9.17) is 16.2 Å². The molecule has 0 radical (unpaired) electrons. The summed E-state index contributed by atoms with van der Waals surface area (Å²) in [6.45, 7) is 4.29. The lowest BCUT2D eigenvalue weighted by Gasteiger charge is -2.13. The SMILES string of the molecule is CC(=N)NCC(C)SC[C@H](N)C(=O)O. The Labute approximate surface area is 87.9 Å². The summed E-state index contributed by atoms with van der Waals surface area (Å²) < 4.78 is 0. The van der Waals surface area contributed by atoms with Crippen LogP contribution in [0, 0.1) is 5.41 Å². The van der Waals surface area contributed by atoms with Crippen molar-refractivity contribution in [2.24, 2.45) is 5.73 Å². The van der Waals surface area contributed by atoms with Crippen LogP contribution in [0.2, 0.25) is 0 Å². The summed E-state index contributed by atoms with van der Waals surface area (Å²) in [6, 6.07) is -0.802. The fourth-order valence-corrected chi connectivity index (χ4v) is 1.57. The molecule has 0 saturated heterocycles. The Kier molecular flexibility index (Phi) is 6.31. The average molecular weight is 219 g/mol. The standard InChI is InChI=1S/C8H17N3O2S/c1-5(3-11-6(2)9)14-4-7(10)8(12)13/h5,7H,3-4,10H2,1-2H3,(H2,9,11)(H,12,13)/t5?,7-/m0/s1. The molecule has 0 aromatic carbocycles. The minimum absolute atomic E-state index is 0.251. The molecule has 0 aromatic rings. The first kappa shape index (κ1) is 13.2. The molecular formula is C8H17N3O2S. The first-order valence-corrected chi connectivity index (χ1v) is 5.37. The van der Waals surface area contributed by atoms with E-state index >= 15 is 0 Å². The molecule has 14 heavy (non-hydrogen) atoms. The zero-order valence-corrected chi connectivity index (χ0v) is 9.23. The van der Waals surface area contributed by atoms with Crippen LogP contribution in [0.5, 0.6) is 0 Å². The van der Waals surface area contributed by atoms with Gasteiger partial charge in [0.05, 0.1) is 5.84 Å². The van der Waals surface area contributed by atoms with Crippen LogP contribution < -0.4 is 11.1 Å². The molecule has 2 atom stereocenters. The van der Waals surface area contributed by atoms with Gasteiger partial charge in [0.2, 0.25) is 0 Å². The molecule has 0 spiro atoms. The molecule has 0 heterocycles. The zero-order chi connectivity index (χ0) is 11.1. The van der Waals surface area contributed by atoms with E-state index in [1.165, 1.54) is 11.8 Å². The van der Waals surface area contributed by atoms with E-state index in [2.05, 4.69) is 5.32 Å². The molecule has 5 nitrogen and oxygen atoms in total. The molecule has 0 amide bonds. The van der Waals surface area contributed by atoms with Gasteiger partial charge in [-0.3, -0.25) is 10.2 Å². The van der Waals surface area contributed by atoms with Crippen molar-refractivity contribution < 1.29 is 9.90 Å². The van der Waals surface area contributed by atoms with Gasteiger partial charge in [-0.2, -0.15) is 11.8 Å². The number of nitrogens with two attached hydrogens (primary N) is 1. The van der Waals surface area contributed by atoms with Crippen molar-refractivity contribution in [1.29, 1.82) is 5.41 Å². The molecule has 0 fully saturated rings. The molecular weight excluding hydrogens is 202 g/mol. The predicted molar refractivity (Wildman–Crippen MR) is 58.9 cm³/mol. The van der Waals surface area contributed by atoms with Crippen LogP contribution in [0.1, 0.15) is 13.8 Å². The molecule has 0 bridgehead atoms. The van der Waals surface area contributed by atoms with E-state index in [9.17, 15) is 4.79 Å². The van der Waals surface area contributed by atoms with Gasteiger partial charge in [-0.15, -0.1) is 0 Å². The minimum Gasteiger partial charge on any atom is -0.480 e. The third kappa shape index (κ3) is 6.73. The van der Waals surface area contributed by atoms with Gasteiger partial charge in [0.15, 0.2) is 0 Å². The molecule has 0 saturated carbocycles. The maximum Gasteiger partial charge on any atom is 0.321 e. The Hall–Kier alpha value is -0.750. The number of carbonyl (C=O) groups is 1. The van der Waals surface area contributed by atoms with Crippen molar-refractivity contribution in [1.82, 2.24) is 5.32 Å². The monoisotopic (exact) mass is 219 g/mol. The topological polar surface area (TPSA) is 99.2 Å². The van der Waals surface area contributed by atoms with Crippen molar-refractivity contribution >= 4 is 23.6 Å². The molecule has 0 rings (SSSR count).